The van der Waals surface area contributed by atoms with E-state index in [1.165, 1.54) is 0 Å². The molecule has 0 amide bonds. The number of nitrogens with zero attached hydrogens (tertiary/aromatic N) is 1. The fourth-order valence-electron chi connectivity index (χ4n) is 1.52. The van der Waals surface area contributed by atoms with Crippen LogP contribution in [0.2, 0.25) is 0 Å². The Kier molecular flexibility index (Phi) is 8.73. The number of carbonyl (C=O) groups is 1. The maximum atomic E-state index is 11.0. The van der Waals surface area contributed by atoms with Crippen LogP contribution in [0.25, 0.3) is 6.08 Å². The van der Waals surface area contributed by atoms with E-state index in [4.69, 9.17) is 13.6 Å². The van der Waals surface area contributed by atoms with Crippen molar-refractivity contribution < 1.29 is 18.4 Å². The smallest absolute Gasteiger partial charge is 0.332 e. The molecule has 1 rings (SSSR count). The van der Waals surface area contributed by atoms with Crippen LogP contribution in [0, 0.1) is 0 Å². The zero-order valence-corrected chi connectivity index (χ0v) is 14.8. The van der Waals surface area contributed by atoms with E-state index in [0.717, 1.165) is 16.3 Å². The van der Waals surface area contributed by atoms with Gasteiger partial charge >= 0.3 is 8.60 Å². The molecule has 0 radical (unpaired) electrons. The number of hydrogen-bond donors (Lipinski definition) is 0. The van der Waals surface area contributed by atoms with E-state index in [-0.39, 0.29) is 0 Å². The fraction of sp³-hybridized carbons (Fsp3) is 0.357. The van der Waals surface area contributed by atoms with Gasteiger partial charge in [0.2, 0.25) is 0 Å². The number of benzene rings is 1. The summed E-state index contributed by atoms with van der Waals surface area (Å²) in [6.07, 6.45) is 4.64. The van der Waals surface area contributed by atoms with Crippen molar-refractivity contribution in [2.75, 3.05) is 34.4 Å². The summed E-state index contributed by atoms with van der Waals surface area (Å²) in [6, 6.07) is 5.53. The SMILES string of the molecule is COP(OC)OCCN(C)/C=C\c1cc(Br)ccc1C=O. The maximum Gasteiger partial charge on any atom is 0.332 e. The van der Waals surface area contributed by atoms with Crippen LogP contribution in [0.5, 0.6) is 0 Å². The lowest BCUT2D eigenvalue weighted by atomic mass is 10.1. The topological polar surface area (TPSA) is 48.0 Å². The van der Waals surface area contributed by atoms with Gasteiger partial charge in [-0.2, -0.15) is 0 Å². The standard InChI is InChI=1S/C14H19BrNO4P/c1-16(8-9-20-21(18-2)19-3)7-6-12-10-14(15)5-4-13(12)11-17/h4-7,10-11H,8-9H2,1-3H3/b7-6-. The Balaban J connectivity index is 2.52. The molecule has 1 aromatic carbocycles. The second-order valence-corrected chi connectivity index (χ2v) is 6.46. The van der Waals surface area contributed by atoms with Crippen molar-refractivity contribution >= 4 is 36.9 Å². The highest BCUT2D eigenvalue weighted by molar-refractivity contribution is 9.10. The first kappa shape index (κ1) is 18.3. The largest absolute Gasteiger partial charge is 0.378 e. The van der Waals surface area contributed by atoms with Gasteiger partial charge in [0, 0.05) is 37.8 Å². The third-order valence-corrected chi connectivity index (χ3v) is 4.11. The minimum absolute atomic E-state index is 0.493. The molecule has 5 nitrogen and oxygen atoms in total. The van der Waals surface area contributed by atoms with E-state index in [1.54, 1.807) is 20.3 Å². The molecule has 0 saturated heterocycles. The quantitative estimate of drug-likeness (QED) is 0.486. The number of hydrogen-bond acceptors (Lipinski definition) is 5. The van der Waals surface area contributed by atoms with E-state index < -0.39 is 8.60 Å². The second kappa shape index (κ2) is 10.0. The third kappa shape index (κ3) is 6.68. The van der Waals surface area contributed by atoms with Crippen LogP contribution in [0.1, 0.15) is 15.9 Å². The third-order valence-electron chi connectivity index (χ3n) is 2.62. The molecule has 0 aliphatic rings. The highest BCUT2D eigenvalue weighted by atomic mass is 79.9. The van der Waals surface area contributed by atoms with Crippen LogP contribution in [0.4, 0.5) is 0 Å². The van der Waals surface area contributed by atoms with Crippen molar-refractivity contribution in [1.29, 1.82) is 0 Å². The zero-order valence-electron chi connectivity index (χ0n) is 12.3. The lowest BCUT2D eigenvalue weighted by molar-refractivity contribution is 0.112. The fourth-order valence-corrected chi connectivity index (χ4v) is 2.49. The van der Waals surface area contributed by atoms with Crippen LogP contribution in [-0.2, 0) is 13.6 Å². The molecule has 0 bridgehead atoms. The van der Waals surface area contributed by atoms with Crippen LogP contribution >= 0.6 is 24.5 Å². The van der Waals surface area contributed by atoms with Crippen molar-refractivity contribution in [3.05, 3.63) is 40.0 Å². The van der Waals surface area contributed by atoms with Gasteiger partial charge in [-0.3, -0.25) is 4.79 Å². The van der Waals surface area contributed by atoms with E-state index in [9.17, 15) is 4.79 Å². The summed E-state index contributed by atoms with van der Waals surface area (Å²) in [7, 11) is 3.77. The molecule has 0 heterocycles. The van der Waals surface area contributed by atoms with E-state index in [0.29, 0.717) is 18.7 Å². The number of halogens is 1. The van der Waals surface area contributed by atoms with Crippen molar-refractivity contribution in [1.82, 2.24) is 4.90 Å². The molecule has 0 aliphatic carbocycles. The summed E-state index contributed by atoms with van der Waals surface area (Å²) >= 11 is 3.40. The van der Waals surface area contributed by atoms with Crippen molar-refractivity contribution in [3.63, 3.8) is 0 Å². The average molecular weight is 376 g/mol. The van der Waals surface area contributed by atoms with Gasteiger partial charge in [-0.1, -0.05) is 15.9 Å². The molecule has 0 N–H and O–H groups in total. The zero-order chi connectivity index (χ0) is 15.7. The summed E-state index contributed by atoms with van der Waals surface area (Å²) in [5, 5.41) is 0. The molecule has 0 atom stereocenters. The second-order valence-electron chi connectivity index (χ2n) is 4.11. The lowest BCUT2D eigenvalue weighted by Gasteiger charge is -2.16. The minimum atomic E-state index is -1.26. The molecule has 21 heavy (non-hydrogen) atoms. The van der Waals surface area contributed by atoms with Gasteiger partial charge in [0.1, 0.15) is 0 Å². The Morgan fingerprint density at radius 1 is 1.29 bits per heavy atom. The Bertz CT molecular complexity index is 480. The first-order chi connectivity index (χ1) is 10.1. The summed E-state index contributed by atoms with van der Waals surface area (Å²) in [5.41, 5.74) is 1.52. The maximum absolute atomic E-state index is 11.0. The van der Waals surface area contributed by atoms with Gasteiger partial charge in [-0.15, -0.1) is 0 Å². The summed E-state index contributed by atoms with van der Waals surface area (Å²) in [4.78, 5) is 13.0. The molecular formula is C14H19BrNO4P. The highest BCUT2D eigenvalue weighted by Gasteiger charge is 2.07. The van der Waals surface area contributed by atoms with Gasteiger partial charge in [0.15, 0.2) is 6.29 Å². The average Bonchev–Trinajstić information content (AvgIpc) is 2.49. The lowest BCUT2D eigenvalue weighted by Crippen LogP contribution is -2.16. The first-order valence-electron chi connectivity index (χ1n) is 6.25. The van der Waals surface area contributed by atoms with Gasteiger partial charge in [0.05, 0.1) is 6.61 Å². The van der Waals surface area contributed by atoms with E-state index in [1.807, 2.05) is 36.4 Å². The summed E-state index contributed by atoms with van der Waals surface area (Å²) in [6.45, 7) is 1.18. The highest BCUT2D eigenvalue weighted by Crippen LogP contribution is 2.36. The molecule has 0 spiro atoms. The van der Waals surface area contributed by atoms with Crippen molar-refractivity contribution in [2.45, 2.75) is 0 Å². The molecule has 0 aliphatic heterocycles. The minimum Gasteiger partial charge on any atom is -0.378 e. The molecule has 116 valence electrons. The summed E-state index contributed by atoms with van der Waals surface area (Å²) < 4.78 is 16.3. The molecule has 0 aromatic heterocycles. The monoisotopic (exact) mass is 375 g/mol. The van der Waals surface area contributed by atoms with E-state index >= 15 is 0 Å². The van der Waals surface area contributed by atoms with Crippen LogP contribution in [-0.4, -0.2) is 45.6 Å². The molecule has 0 saturated carbocycles. The van der Waals surface area contributed by atoms with Gasteiger partial charge in [-0.25, -0.2) is 0 Å². The predicted molar refractivity (Wildman–Crippen MR) is 88.1 cm³/mol. The molecule has 1 aromatic rings. The number of likely N-dealkylation sites (N-methyl/N-ethyl adjacent to an activating group) is 1. The van der Waals surface area contributed by atoms with Crippen LogP contribution in [0.15, 0.2) is 28.9 Å². The molecular weight excluding hydrogens is 357 g/mol. The van der Waals surface area contributed by atoms with Crippen LogP contribution < -0.4 is 0 Å². The van der Waals surface area contributed by atoms with Crippen molar-refractivity contribution in [2.24, 2.45) is 0 Å². The molecule has 7 heteroatoms. The Morgan fingerprint density at radius 2 is 2.00 bits per heavy atom. The van der Waals surface area contributed by atoms with Crippen LogP contribution in [0.3, 0.4) is 0 Å². The van der Waals surface area contributed by atoms with E-state index in [2.05, 4.69) is 15.9 Å². The normalized spacial score (nSPS) is 11.3. The first-order valence-corrected chi connectivity index (χ1v) is 8.14. The van der Waals surface area contributed by atoms with Gasteiger partial charge in [-0.05, 0) is 36.0 Å². The number of carbonyl (C=O) groups excluding carboxylic acids is 1. The Labute approximate surface area is 135 Å². The van der Waals surface area contributed by atoms with Gasteiger partial charge < -0.3 is 18.5 Å². The predicted octanol–water partition coefficient (Wildman–Crippen LogP) is 3.70. The number of rotatable bonds is 9. The molecule has 0 fully saturated rings. The Morgan fingerprint density at radius 3 is 2.62 bits per heavy atom. The molecule has 0 unspecified atom stereocenters. The summed E-state index contributed by atoms with van der Waals surface area (Å²) in [5.74, 6) is 0. The number of aldehydes is 1. The Hall–Kier alpha value is -0.780. The van der Waals surface area contributed by atoms with Gasteiger partial charge in [0.25, 0.3) is 0 Å². The van der Waals surface area contributed by atoms with Crippen molar-refractivity contribution in [3.8, 4) is 0 Å².